The molecule has 0 saturated heterocycles. The lowest BCUT2D eigenvalue weighted by molar-refractivity contribution is -0.169. The van der Waals surface area contributed by atoms with Crippen LogP contribution in [0.15, 0.2) is 36.4 Å². The van der Waals surface area contributed by atoms with Crippen LogP contribution in [0.2, 0.25) is 0 Å². The smallest absolute Gasteiger partial charge is 0.333 e. The zero-order chi connectivity index (χ0) is 19.2. The Labute approximate surface area is 156 Å². The molecular weight excluding hydrogens is 328 g/mol. The van der Waals surface area contributed by atoms with E-state index < -0.39 is 17.7 Å². The summed E-state index contributed by atoms with van der Waals surface area (Å²) in [7, 11) is 0. The van der Waals surface area contributed by atoms with Crippen molar-refractivity contribution in [2.45, 2.75) is 77.4 Å². The predicted octanol–water partition coefficient (Wildman–Crippen LogP) is 4.99. The minimum atomic E-state index is -0.558. The summed E-state index contributed by atoms with van der Waals surface area (Å²) in [5.41, 5.74) is 2.01. The van der Waals surface area contributed by atoms with Crippen molar-refractivity contribution in [3.8, 4) is 0 Å². The fraction of sp³-hybridized carbons (Fsp3) is 0.545. The third-order valence-electron chi connectivity index (χ3n) is 5.08. The van der Waals surface area contributed by atoms with Gasteiger partial charge in [0.05, 0.1) is 6.42 Å². The maximum Gasteiger partial charge on any atom is 0.333 e. The summed E-state index contributed by atoms with van der Waals surface area (Å²) < 4.78 is 11.4. The highest BCUT2D eigenvalue weighted by Gasteiger charge is 2.39. The number of rotatable bonds is 7. The molecule has 0 bridgehead atoms. The molecule has 0 N–H and O–H groups in total. The number of aryl methyl sites for hydroxylation is 1. The first-order valence-corrected chi connectivity index (χ1v) is 9.52. The van der Waals surface area contributed by atoms with E-state index >= 15 is 0 Å². The minimum Gasteiger partial charge on any atom is -0.458 e. The summed E-state index contributed by atoms with van der Waals surface area (Å²) in [5, 5.41) is 0. The van der Waals surface area contributed by atoms with Gasteiger partial charge in [0, 0.05) is 5.57 Å². The molecule has 1 saturated carbocycles. The molecule has 1 unspecified atom stereocenters. The summed E-state index contributed by atoms with van der Waals surface area (Å²) in [6.07, 6.45) is 5.09. The van der Waals surface area contributed by atoms with Gasteiger partial charge in [-0.25, -0.2) is 4.79 Å². The Morgan fingerprint density at radius 3 is 2.42 bits per heavy atom. The van der Waals surface area contributed by atoms with E-state index in [2.05, 4.69) is 25.6 Å². The molecule has 1 aliphatic carbocycles. The molecule has 0 amide bonds. The van der Waals surface area contributed by atoms with Crippen molar-refractivity contribution in [1.82, 2.24) is 0 Å². The highest BCUT2D eigenvalue weighted by atomic mass is 16.6. The van der Waals surface area contributed by atoms with Gasteiger partial charge in [-0.2, -0.15) is 0 Å². The van der Waals surface area contributed by atoms with Crippen LogP contribution in [-0.2, 0) is 24.7 Å². The molecule has 4 nitrogen and oxygen atoms in total. The van der Waals surface area contributed by atoms with Crippen molar-refractivity contribution < 1.29 is 19.1 Å². The van der Waals surface area contributed by atoms with E-state index in [-0.39, 0.29) is 12.4 Å². The molecule has 0 heterocycles. The van der Waals surface area contributed by atoms with Gasteiger partial charge in [-0.05, 0) is 57.1 Å². The van der Waals surface area contributed by atoms with Crippen LogP contribution >= 0.6 is 0 Å². The standard InChI is InChI=1S/C22H30O4/c1-5-18(25-21(24)16(2)3)15-20(23)26-22(13-9-6-10-14-22)19-12-8-7-11-17(19)4/h7-8,11-12,18H,2,5-6,9-10,13-15H2,1,3-4H3. The second-order valence-corrected chi connectivity index (χ2v) is 7.26. The Morgan fingerprint density at radius 2 is 1.85 bits per heavy atom. The zero-order valence-electron chi connectivity index (χ0n) is 16.2. The maximum absolute atomic E-state index is 12.7. The van der Waals surface area contributed by atoms with Crippen LogP contribution in [0.1, 0.15) is 69.9 Å². The number of benzene rings is 1. The molecule has 4 heteroatoms. The molecule has 26 heavy (non-hydrogen) atoms. The SMILES string of the molecule is C=C(C)C(=O)OC(CC)CC(=O)OC1(c2ccccc2C)CCCCC1. The van der Waals surface area contributed by atoms with Crippen molar-refractivity contribution in [1.29, 1.82) is 0 Å². The minimum absolute atomic E-state index is 0.0726. The predicted molar refractivity (Wildman–Crippen MR) is 102 cm³/mol. The molecule has 1 atom stereocenters. The molecule has 1 aromatic rings. The highest BCUT2D eigenvalue weighted by molar-refractivity contribution is 5.87. The Hall–Kier alpha value is -2.10. The van der Waals surface area contributed by atoms with Gasteiger partial charge < -0.3 is 9.47 Å². The van der Waals surface area contributed by atoms with Crippen molar-refractivity contribution in [2.75, 3.05) is 0 Å². The molecule has 1 aliphatic rings. The second kappa shape index (κ2) is 9.02. The molecular formula is C22H30O4. The van der Waals surface area contributed by atoms with Crippen LogP contribution in [0, 0.1) is 6.92 Å². The van der Waals surface area contributed by atoms with Gasteiger partial charge in [0.1, 0.15) is 11.7 Å². The van der Waals surface area contributed by atoms with Gasteiger partial charge in [-0.3, -0.25) is 4.79 Å². The summed E-state index contributed by atoms with van der Waals surface area (Å²) in [5.74, 6) is -0.771. The highest BCUT2D eigenvalue weighted by Crippen LogP contribution is 2.42. The van der Waals surface area contributed by atoms with Crippen molar-refractivity contribution in [2.24, 2.45) is 0 Å². The third kappa shape index (κ3) is 4.96. The summed E-state index contributed by atoms with van der Waals surface area (Å²) in [6.45, 7) is 9.13. The van der Waals surface area contributed by atoms with Crippen LogP contribution in [0.25, 0.3) is 0 Å². The van der Waals surface area contributed by atoms with Crippen molar-refractivity contribution in [3.05, 3.63) is 47.5 Å². The Morgan fingerprint density at radius 1 is 1.19 bits per heavy atom. The number of carbonyl (C=O) groups excluding carboxylic acids is 2. The normalized spacial score (nSPS) is 17.2. The topological polar surface area (TPSA) is 52.6 Å². The molecule has 0 radical (unpaired) electrons. The van der Waals surface area contributed by atoms with Crippen LogP contribution in [0.5, 0.6) is 0 Å². The second-order valence-electron chi connectivity index (χ2n) is 7.26. The van der Waals surface area contributed by atoms with Gasteiger partial charge in [-0.15, -0.1) is 0 Å². The van der Waals surface area contributed by atoms with E-state index in [0.717, 1.165) is 36.8 Å². The molecule has 0 aliphatic heterocycles. The number of hydrogen-bond donors (Lipinski definition) is 0. The van der Waals surface area contributed by atoms with Crippen molar-refractivity contribution >= 4 is 11.9 Å². The maximum atomic E-state index is 12.7. The van der Waals surface area contributed by atoms with Gasteiger partial charge in [0.2, 0.25) is 0 Å². The van der Waals surface area contributed by atoms with E-state index in [1.54, 1.807) is 6.92 Å². The summed E-state index contributed by atoms with van der Waals surface area (Å²) in [6, 6.07) is 8.12. The fourth-order valence-electron chi connectivity index (χ4n) is 3.60. The Balaban J connectivity index is 2.13. The van der Waals surface area contributed by atoms with Crippen LogP contribution in [-0.4, -0.2) is 18.0 Å². The molecule has 1 fully saturated rings. The van der Waals surface area contributed by atoms with E-state index in [0.29, 0.717) is 12.0 Å². The fourth-order valence-corrected chi connectivity index (χ4v) is 3.60. The average Bonchev–Trinajstić information content (AvgIpc) is 2.61. The lowest BCUT2D eigenvalue weighted by Gasteiger charge is -2.38. The molecule has 0 spiro atoms. The number of ether oxygens (including phenoxy) is 2. The lowest BCUT2D eigenvalue weighted by atomic mass is 9.78. The summed E-state index contributed by atoms with van der Waals surface area (Å²) in [4.78, 5) is 24.4. The number of hydrogen-bond acceptors (Lipinski definition) is 4. The first kappa shape index (κ1) is 20.2. The molecule has 142 valence electrons. The van der Waals surface area contributed by atoms with Gasteiger partial charge in [0.25, 0.3) is 0 Å². The summed E-state index contributed by atoms with van der Waals surface area (Å²) >= 11 is 0. The van der Waals surface area contributed by atoms with Gasteiger partial charge >= 0.3 is 11.9 Å². The monoisotopic (exact) mass is 358 g/mol. The van der Waals surface area contributed by atoms with Gasteiger partial charge in [0.15, 0.2) is 0 Å². The Kier molecular flexibility index (Phi) is 7.01. The van der Waals surface area contributed by atoms with Crippen LogP contribution < -0.4 is 0 Å². The largest absolute Gasteiger partial charge is 0.458 e. The Bertz CT molecular complexity index is 656. The third-order valence-corrected chi connectivity index (χ3v) is 5.08. The number of carbonyl (C=O) groups is 2. The van der Waals surface area contributed by atoms with Gasteiger partial charge in [-0.1, -0.05) is 44.2 Å². The zero-order valence-corrected chi connectivity index (χ0v) is 16.2. The van der Waals surface area contributed by atoms with E-state index in [4.69, 9.17) is 9.47 Å². The first-order valence-electron chi connectivity index (χ1n) is 9.52. The van der Waals surface area contributed by atoms with E-state index in [1.807, 2.05) is 19.1 Å². The van der Waals surface area contributed by atoms with Crippen molar-refractivity contribution in [3.63, 3.8) is 0 Å². The molecule has 1 aromatic carbocycles. The first-order chi connectivity index (χ1) is 12.4. The molecule has 2 rings (SSSR count). The average molecular weight is 358 g/mol. The molecule has 0 aromatic heterocycles. The van der Waals surface area contributed by atoms with E-state index in [9.17, 15) is 9.59 Å². The lowest BCUT2D eigenvalue weighted by Crippen LogP contribution is -2.36. The quantitative estimate of drug-likeness (QED) is 0.509. The van der Waals surface area contributed by atoms with E-state index in [1.165, 1.54) is 6.42 Å². The number of esters is 2. The van der Waals surface area contributed by atoms with Crippen LogP contribution in [0.4, 0.5) is 0 Å². The van der Waals surface area contributed by atoms with Crippen LogP contribution in [0.3, 0.4) is 0 Å².